The minimum atomic E-state index is -3.75. The van der Waals surface area contributed by atoms with E-state index in [1.165, 1.54) is 25.7 Å². The van der Waals surface area contributed by atoms with Gasteiger partial charge in [0, 0.05) is 82.0 Å². The quantitative estimate of drug-likeness (QED) is 0.256. The van der Waals surface area contributed by atoms with Crippen LogP contribution in [0.15, 0.2) is 60.0 Å². The van der Waals surface area contributed by atoms with Crippen molar-refractivity contribution in [2.45, 2.75) is 85.7 Å². The summed E-state index contributed by atoms with van der Waals surface area (Å²) in [5.74, 6) is 0.501. The van der Waals surface area contributed by atoms with Gasteiger partial charge in [-0.3, -0.25) is 9.69 Å². The molecule has 59 heavy (non-hydrogen) atoms. The van der Waals surface area contributed by atoms with Crippen molar-refractivity contribution < 1.29 is 31.5 Å². The van der Waals surface area contributed by atoms with Crippen LogP contribution in [0.25, 0.3) is 0 Å². The first kappa shape index (κ1) is 42.1. The highest BCUT2D eigenvalue weighted by molar-refractivity contribution is 7.92. The molecule has 0 radical (unpaired) electrons. The summed E-state index contributed by atoms with van der Waals surface area (Å²) in [6.07, 6.45) is 7.11. The third kappa shape index (κ3) is 8.79. The van der Waals surface area contributed by atoms with E-state index >= 15 is 4.39 Å². The zero-order valence-electron chi connectivity index (χ0n) is 34.6. The van der Waals surface area contributed by atoms with Crippen molar-refractivity contribution >= 4 is 27.5 Å². The third-order valence-electron chi connectivity index (χ3n) is 14.6. The number of nitrogens with one attached hydrogen (secondary N) is 1. The van der Waals surface area contributed by atoms with Crippen molar-refractivity contribution in [3.63, 3.8) is 0 Å². The SMILES string of the molecule is C=CC(=O)N1CCC[C@@H](S(=O)(=O)c2ccc(N3CC(CN4CCC([C@@](CN5CCC5)(c5cccc(F)c5)[C@H]5CCC[C@@H]5NC(=O)OC)CC4)C3)cc2CN2CC(F)C2)C1. The minimum Gasteiger partial charge on any atom is -0.453 e. The number of hydrogen-bond acceptors (Lipinski definition) is 9. The van der Waals surface area contributed by atoms with Crippen LogP contribution in [0.2, 0.25) is 0 Å². The Hall–Kier alpha value is -3.59. The van der Waals surface area contributed by atoms with E-state index in [1.54, 1.807) is 17.0 Å². The van der Waals surface area contributed by atoms with Crippen molar-refractivity contribution in [1.82, 2.24) is 24.9 Å². The molecule has 0 spiro atoms. The zero-order chi connectivity index (χ0) is 41.3. The predicted octanol–water partition coefficient (Wildman–Crippen LogP) is 5.25. The first-order valence-corrected chi connectivity index (χ1v) is 23.5. The summed E-state index contributed by atoms with van der Waals surface area (Å²) < 4.78 is 62.3. The molecule has 6 fully saturated rings. The standard InChI is InChI=1S/C45H62F2N6O5S/c1-3-43(54)52-19-6-10-39(30-52)59(56,57)42-14-13-38(22-33(42)27-51-28-37(47)29-51)53-25-32(26-53)24-49-20-15-34(16-21-49)45(31-50-17-7-18-50,35-8-4-9-36(46)23-35)40-11-5-12-41(40)48-44(55)58-2/h3-4,8-9,13-14,22-23,32,34,37,39-41H,1,5-7,10-12,15-21,24-31H2,2H3,(H,48,55)/t39-,40+,41+,45+/m1/s1. The molecule has 0 aromatic heterocycles. The lowest BCUT2D eigenvalue weighted by Gasteiger charge is -2.54. The second-order valence-corrected chi connectivity index (χ2v) is 20.4. The number of likely N-dealkylation sites (tertiary alicyclic amines) is 4. The Balaban J connectivity index is 0.942. The number of alkyl halides is 1. The van der Waals surface area contributed by atoms with Crippen molar-refractivity contribution in [2.75, 3.05) is 90.5 Å². The number of alkyl carbamates (subject to hydrolysis) is 1. The van der Waals surface area contributed by atoms with Crippen LogP contribution in [0.5, 0.6) is 0 Å². The Labute approximate surface area is 349 Å². The number of amides is 2. The topological polar surface area (TPSA) is 106 Å². The fourth-order valence-electron chi connectivity index (χ4n) is 11.4. The Kier molecular flexibility index (Phi) is 12.7. The van der Waals surface area contributed by atoms with Crippen molar-refractivity contribution in [2.24, 2.45) is 17.8 Å². The minimum absolute atomic E-state index is 0.0298. The third-order valence-corrected chi connectivity index (χ3v) is 16.9. The molecule has 6 aliphatic rings. The van der Waals surface area contributed by atoms with Crippen LogP contribution in [-0.2, 0) is 31.3 Å². The molecule has 1 N–H and O–H groups in total. The molecule has 1 saturated carbocycles. The van der Waals surface area contributed by atoms with Gasteiger partial charge in [0.25, 0.3) is 0 Å². The average Bonchev–Trinajstić information content (AvgIpc) is 3.66. The van der Waals surface area contributed by atoms with Crippen molar-refractivity contribution in [3.8, 4) is 0 Å². The van der Waals surface area contributed by atoms with Crippen LogP contribution in [0.1, 0.15) is 62.5 Å². The number of halogens is 2. The Bertz CT molecular complexity index is 1950. The van der Waals surface area contributed by atoms with Gasteiger partial charge in [0.15, 0.2) is 9.84 Å². The molecule has 0 unspecified atom stereocenters. The van der Waals surface area contributed by atoms with E-state index in [0.29, 0.717) is 56.4 Å². The highest BCUT2D eigenvalue weighted by Gasteiger charge is 2.53. The number of anilines is 1. The number of carbonyl (C=O) groups is 2. The maximum atomic E-state index is 15.1. The van der Waals surface area contributed by atoms with Crippen molar-refractivity contribution in [3.05, 3.63) is 72.1 Å². The summed E-state index contributed by atoms with van der Waals surface area (Å²) in [5, 5.41) is 2.49. The summed E-state index contributed by atoms with van der Waals surface area (Å²) in [4.78, 5) is 36.2. The molecule has 5 heterocycles. The first-order valence-electron chi connectivity index (χ1n) is 21.9. The highest BCUT2D eigenvalue weighted by atomic mass is 32.2. The van der Waals surface area contributed by atoms with Gasteiger partial charge in [0.2, 0.25) is 5.91 Å². The average molecular weight is 837 g/mol. The molecule has 5 aliphatic heterocycles. The molecule has 1 aliphatic carbocycles. The predicted molar refractivity (Wildman–Crippen MR) is 224 cm³/mol. The molecule has 2 aromatic carbocycles. The molecule has 14 heteroatoms. The van der Waals surface area contributed by atoms with Gasteiger partial charge >= 0.3 is 6.09 Å². The summed E-state index contributed by atoms with van der Waals surface area (Å²) in [5.41, 5.74) is 2.43. The van der Waals surface area contributed by atoms with Gasteiger partial charge in [-0.1, -0.05) is 25.1 Å². The van der Waals surface area contributed by atoms with E-state index in [1.807, 2.05) is 23.1 Å². The van der Waals surface area contributed by atoms with E-state index in [0.717, 1.165) is 95.7 Å². The number of sulfone groups is 1. The summed E-state index contributed by atoms with van der Waals surface area (Å²) in [6, 6.07) is 12.9. The normalized spacial score (nSPS) is 26.4. The lowest BCUT2D eigenvalue weighted by Crippen LogP contribution is -2.60. The lowest BCUT2D eigenvalue weighted by molar-refractivity contribution is -0.126. The monoisotopic (exact) mass is 836 g/mol. The molecular weight excluding hydrogens is 775 g/mol. The van der Waals surface area contributed by atoms with E-state index < -0.39 is 27.4 Å². The number of nitrogens with zero attached hydrogens (tertiary/aromatic N) is 5. The highest BCUT2D eigenvalue weighted by Crippen LogP contribution is 2.51. The molecule has 4 atom stereocenters. The molecule has 5 saturated heterocycles. The molecular formula is C45H62F2N6O5S. The molecule has 8 rings (SSSR count). The fourth-order valence-corrected chi connectivity index (χ4v) is 13.3. The van der Waals surface area contributed by atoms with Gasteiger partial charge in [-0.15, -0.1) is 0 Å². The van der Waals surface area contributed by atoms with Gasteiger partial charge in [0.05, 0.1) is 17.3 Å². The number of methoxy groups -OCH3 is 1. The van der Waals surface area contributed by atoms with Gasteiger partial charge in [-0.25, -0.2) is 22.0 Å². The van der Waals surface area contributed by atoms with Gasteiger partial charge in [-0.2, -0.15) is 0 Å². The summed E-state index contributed by atoms with van der Waals surface area (Å²) >= 11 is 0. The summed E-state index contributed by atoms with van der Waals surface area (Å²) in [6.45, 7) is 12.8. The summed E-state index contributed by atoms with van der Waals surface area (Å²) in [7, 11) is -2.33. The fraction of sp³-hybridized carbons (Fsp3) is 0.644. The molecule has 11 nitrogen and oxygen atoms in total. The van der Waals surface area contributed by atoms with Gasteiger partial charge in [0.1, 0.15) is 12.0 Å². The number of carbonyl (C=O) groups excluding carboxylic acids is 2. The second kappa shape index (κ2) is 17.8. The number of benzene rings is 2. The van der Waals surface area contributed by atoms with E-state index in [2.05, 4.69) is 32.7 Å². The second-order valence-electron chi connectivity index (χ2n) is 18.2. The molecule has 0 bridgehead atoms. The Morgan fingerprint density at radius 3 is 2.36 bits per heavy atom. The van der Waals surface area contributed by atoms with Crippen LogP contribution in [0, 0.1) is 23.6 Å². The van der Waals surface area contributed by atoms with Crippen LogP contribution >= 0.6 is 0 Å². The van der Waals surface area contributed by atoms with Crippen LogP contribution in [-0.4, -0.2) is 143 Å². The van der Waals surface area contributed by atoms with E-state index in [4.69, 9.17) is 4.74 Å². The number of hydrogen-bond donors (Lipinski definition) is 1. The van der Waals surface area contributed by atoms with E-state index in [9.17, 15) is 22.4 Å². The van der Waals surface area contributed by atoms with Crippen LogP contribution in [0.4, 0.5) is 19.3 Å². The molecule has 322 valence electrons. The maximum absolute atomic E-state index is 15.1. The van der Waals surface area contributed by atoms with Crippen LogP contribution < -0.4 is 10.2 Å². The van der Waals surface area contributed by atoms with Crippen LogP contribution in [0.3, 0.4) is 0 Å². The van der Waals surface area contributed by atoms with Gasteiger partial charge < -0.3 is 29.7 Å². The molecule has 2 amide bonds. The lowest BCUT2D eigenvalue weighted by atomic mass is 9.57. The largest absolute Gasteiger partial charge is 0.453 e. The smallest absolute Gasteiger partial charge is 0.407 e. The Morgan fingerprint density at radius 1 is 0.898 bits per heavy atom. The van der Waals surface area contributed by atoms with Gasteiger partial charge in [-0.05, 0) is 130 Å². The number of rotatable bonds is 14. The Morgan fingerprint density at radius 2 is 1.68 bits per heavy atom. The number of piperidine rings is 2. The maximum Gasteiger partial charge on any atom is 0.407 e. The van der Waals surface area contributed by atoms with Crippen molar-refractivity contribution in [1.29, 1.82) is 0 Å². The molecule has 2 aromatic rings. The van der Waals surface area contributed by atoms with E-state index in [-0.39, 0.29) is 40.5 Å². The first-order chi connectivity index (χ1) is 28.5. The number of ether oxygens (including phenoxy) is 1. The zero-order valence-corrected chi connectivity index (χ0v) is 35.4.